The Bertz CT molecular complexity index is 1430. The van der Waals surface area contributed by atoms with Crippen molar-refractivity contribution in [1.29, 1.82) is 0 Å². The van der Waals surface area contributed by atoms with E-state index < -0.39 is 21.3 Å². The molecule has 0 radical (unpaired) electrons. The van der Waals surface area contributed by atoms with Gasteiger partial charge in [0, 0.05) is 23.9 Å². The minimum absolute atomic E-state index is 0.0498. The molecule has 30 heavy (non-hydrogen) atoms. The van der Waals surface area contributed by atoms with Gasteiger partial charge in [-0.3, -0.25) is 9.78 Å². The van der Waals surface area contributed by atoms with Crippen LogP contribution in [0.3, 0.4) is 0 Å². The van der Waals surface area contributed by atoms with Crippen LogP contribution >= 0.6 is 11.3 Å². The Morgan fingerprint density at radius 2 is 1.83 bits per heavy atom. The van der Waals surface area contributed by atoms with Gasteiger partial charge in [-0.05, 0) is 25.1 Å². The maximum absolute atomic E-state index is 12.6. The van der Waals surface area contributed by atoms with E-state index in [9.17, 15) is 18.0 Å². The Morgan fingerprint density at radius 3 is 2.60 bits per heavy atom. The molecule has 2 heterocycles. The van der Waals surface area contributed by atoms with Gasteiger partial charge in [-0.25, -0.2) is 22.9 Å². The first-order chi connectivity index (χ1) is 14.3. The fraction of sp³-hybridized carbons (Fsp3) is 0.150. The second-order valence-electron chi connectivity index (χ2n) is 6.77. The molecule has 0 aliphatic heterocycles. The number of nitrogens with one attached hydrogen (secondary N) is 3. The molecule has 0 amide bonds. The fourth-order valence-electron chi connectivity index (χ4n) is 2.96. The van der Waals surface area contributed by atoms with Gasteiger partial charge in [0.1, 0.15) is 5.01 Å². The van der Waals surface area contributed by atoms with E-state index in [1.807, 2.05) is 36.6 Å². The highest BCUT2D eigenvalue weighted by Gasteiger charge is 2.16. The lowest BCUT2D eigenvalue weighted by atomic mass is 10.2. The van der Waals surface area contributed by atoms with E-state index in [0.717, 1.165) is 16.3 Å². The molecule has 10 heteroatoms. The predicted octanol–water partition coefficient (Wildman–Crippen LogP) is 2.17. The Balaban J connectivity index is 1.46. The molecule has 0 unspecified atom stereocenters. The van der Waals surface area contributed by atoms with E-state index >= 15 is 0 Å². The average Bonchev–Trinajstić information content (AvgIpc) is 3.17. The number of aromatic amines is 2. The van der Waals surface area contributed by atoms with Gasteiger partial charge >= 0.3 is 5.69 Å². The number of rotatable bonds is 6. The summed E-state index contributed by atoms with van der Waals surface area (Å²) in [5, 5.41) is 2.89. The summed E-state index contributed by atoms with van der Waals surface area (Å²) >= 11 is 1.51. The van der Waals surface area contributed by atoms with Crippen molar-refractivity contribution in [3.8, 4) is 10.6 Å². The minimum atomic E-state index is -3.82. The zero-order valence-corrected chi connectivity index (χ0v) is 17.6. The molecule has 4 aromatic rings. The van der Waals surface area contributed by atoms with Crippen molar-refractivity contribution in [3.63, 3.8) is 0 Å². The molecule has 4 rings (SSSR count). The third kappa shape index (κ3) is 4.25. The van der Waals surface area contributed by atoms with Gasteiger partial charge in [-0.15, -0.1) is 11.3 Å². The van der Waals surface area contributed by atoms with Gasteiger partial charge in [-0.2, -0.15) is 0 Å². The molecule has 3 N–H and O–H groups in total. The van der Waals surface area contributed by atoms with Crippen molar-refractivity contribution < 1.29 is 8.42 Å². The highest BCUT2D eigenvalue weighted by atomic mass is 32.2. The number of aromatic nitrogens is 3. The molecule has 2 aromatic heterocycles. The van der Waals surface area contributed by atoms with Gasteiger partial charge < -0.3 is 4.98 Å². The Labute approximate surface area is 175 Å². The summed E-state index contributed by atoms with van der Waals surface area (Å²) in [4.78, 5) is 32.3. The molecule has 0 spiro atoms. The van der Waals surface area contributed by atoms with E-state index in [1.54, 1.807) is 0 Å². The van der Waals surface area contributed by atoms with Crippen molar-refractivity contribution in [1.82, 2.24) is 19.7 Å². The van der Waals surface area contributed by atoms with Crippen LogP contribution in [-0.4, -0.2) is 29.9 Å². The van der Waals surface area contributed by atoms with Crippen molar-refractivity contribution in [3.05, 3.63) is 79.9 Å². The highest BCUT2D eigenvalue weighted by Crippen LogP contribution is 2.24. The van der Waals surface area contributed by atoms with Crippen LogP contribution in [0.5, 0.6) is 0 Å². The number of fused-ring (bicyclic) bond motifs is 1. The largest absolute Gasteiger partial charge is 0.326 e. The van der Waals surface area contributed by atoms with Crippen LogP contribution in [0.1, 0.15) is 11.3 Å². The normalized spacial score (nSPS) is 11.8. The summed E-state index contributed by atoms with van der Waals surface area (Å²) in [5.41, 5.74) is 1.98. The fourth-order valence-corrected chi connectivity index (χ4v) is 4.88. The zero-order chi connectivity index (χ0) is 21.3. The SMILES string of the molecule is Cc1ccc(-c2nc(CCNS(=O)(=O)c3ccc4[nH]c(=O)[nH]c(=O)c4c3)cs2)cc1. The number of hydrogen-bond donors (Lipinski definition) is 3. The lowest BCUT2D eigenvalue weighted by Crippen LogP contribution is -2.27. The lowest BCUT2D eigenvalue weighted by Gasteiger charge is -2.07. The van der Waals surface area contributed by atoms with Crippen LogP contribution in [0, 0.1) is 6.92 Å². The molecule has 154 valence electrons. The second kappa shape index (κ2) is 7.98. The van der Waals surface area contributed by atoms with Crippen molar-refractivity contribution in [2.45, 2.75) is 18.2 Å². The maximum atomic E-state index is 12.6. The van der Waals surface area contributed by atoms with Crippen LogP contribution in [0.15, 0.2) is 62.3 Å². The topological polar surface area (TPSA) is 125 Å². The number of hydrogen-bond acceptors (Lipinski definition) is 6. The summed E-state index contributed by atoms with van der Waals surface area (Å²) in [6, 6.07) is 12.0. The number of H-pyrrole nitrogens is 2. The zero-order valence-electron chi connectivity index (χ0n) is 15.9. The van der Waals surface area contributed by atoms with E-state index in [4.69, 9.17) is 0 Å². The number of nitrogens with zero attached hydrogens (tertiary/aromatic N) is 1. The predicted molar refractivity (Wildman–Crippen MR) is 116 cm³/mol. The van der Waals surface area contributed by atoms with E-state index in [1.165, 1.54) is 35.1 Å². The molecular weight excluding hydrogens is 424 g/mol. The molecule has 8 nitrogen and oxygen atoms in total. The smallest absolute Gasteiger partial charge is 0.307 e. The third-order valence-electron chi connectivity index (χ3n) is 4.54. The number of benzene rings is 2. The van der Waals surface area contributed by atoms with Gasteiger partial charge in [0.2, 0.25) is 10.0 Å². The molecule has 0 atom stereocenters. The van der Waals surface area contributed by atoms with Crippen LogP contribution in [-0.2, 0) is 16.4 Å². The molecular formula is C20H18N4O4S2. The number of thiazole rings is 1. The van der Waals surface area contributed by atoms with E-state index in [2.05, 4.69) is 19.7 Å². The van der Waals surface area contributed by atoms with Crippen LogP contribution < -0.4 is 16.0 Å². The first kappa shape index (κ1) is 20.2. The van der Waals surface area contributed by atoms with Crippen LogP contribution in [0.2, 0.25) is 0 Å². The monoisotopic (exact) mass is 442 g/mol. The summed E-state index contributed by atoms with van der Waals surface area (Å²) < 4.78 is 27.7. The van der Waals surface area contributed by atoms with Gasteiger partial charge in [0.05, 0.1) is 21.5 Å². The molecule has 0 saturated carbocycles. The first-order valence-electron chi connectivity index (χ1n) is 9.09. The summed E-state index contributed by atoms with van der Waals surface area (Å²) in [7, 11) is -3.82. The molecule has 2 aromatic carbocycles. The first-order valence-corrected chi connectivity index (χ1v) is 11.5. The Morgan fingerprint density at radius 1 is 1.07 bits per heavy atom. The van der Waals surface area contributed by atoms with Crippen LogP contribution in [0.25, 0.3) is 21.5 Å². The van der Waals surface area contributed by atoms with Crippen LogP contribution in [0.4, 0.5) is 0 Å². The van der Waals surface area contributed by atoms with Gasteiger partial charge in [-0.1, -0.05) is 29.8 Å². The van der Waals surface area contributed by atoms with Gasteiger partial charge in [0.25, 0.3) is 5.56 Å². The van der Waals surface area contributed by atoms with Crippen molar-refractivity contribution in [2.24, 2.45) is 0 Å². The summed E-state index contributed by atoms with van der Waals surface area (Å²) in [5.74, 6) is 0. The van der Waals surface area contributed by atoms with E-state index in [0.29, 0.717) is 6.42 Å². The Hall–Kier alpha value is -3.08. The number of sulfonamides is 1. The molecule has 0 bridgehead atoms. The average molecular weight is 443 g/mol. The Kier molecular flexibility index (Phi) is 5.37. The van der Waals surface area contributed by atoms with Crippen molar-refractivity contribution in [2.75, 3.05) is 6.54 Å². The number of aryl methyl sites for hydroxylation is 1. The second-order valence-corrected chi connectivity index (χ2v) is 9.40. The standard InChI is InChI=1S/C20H18N4O4S2/c1-12-2-4-13(5-3-12)19-22-14(11-29-19)8-9-21-30(27,28)15-6-7-17-16(10-15)18(25)24-20(26)23-17/h2-7,10-11,21H,8-9H2,1H3,(H2,23,24,25,26). The molecule has 0 aliphatic rings. The lowest BCUT2D eigenvalue weighted by molar-refractivity contribution is 0.581. The maximum Gasteiger partial charge on any atom is 0.326 e. The molecule has 0 fully saturated rings. The summed E-state index contributed by atoms with van der Waals surface area (Å²) in [6.07, 6.45) is 0.434. The van der Waals surface area contributed by atoms with Crippen molar-refractivity contribution >= 4 is 32.3 Å². The minimum Gasteiger partial charge on any atom is -0.307 e. The molecule has 0 aliphatic carbocycles. The van der Waals surface area contributed by atoms with E-state index in [-0.39, 0.29) is 22.3 Å². The molecule has 0 saturated heterocycles. The highest BCUT2D eigenvalue weighted by molar-refractivity contribution is 7.89. The third-order valence-corrected chi connectivity index (χ3v) is 6.94. The quantitative estimate of drug-likeness (QED) is 0.422. The summed E-state index contributed by atoms with van der Waals surface area (Å²) in [6.45, 7) is 2.19. The van der Waals surface area contributed by atoms with Gasteiger partial charge in [0.15, 0.2) is 0 Å².